The molecule has 8 nitrogen and oxygen atoms in total. The SMILES string of the molecule is Cc1cc2cnn(C)c2c(-c2ccc3c(N4C[C@H]5CC[C@@H](C4)N5)nc(OC[C@@]45CCCN4C[C@H](F)C5)nc3c2F)c1C. The van der Waals surface area contributed by atoms with E-state index in [4.69, 9.17) is 14.7 Å². The minimum Gasteiger partial charge on any atom is -0.461 e. The molecule has 10 heteroatoms. The number of nitrogens with zero attached hydrogens (tertiary/aromatic N) is 6. The Hall–Kier alpha value is -3.37. The summed E-state index contributed by atoms with van der Waals surface area (Å²) >= 11 is 0. The number of nitrogens with one attached hydrogen (secondary N) is 1. The molecule has 2 aromatic heterocycles. The van der Waals surface area contributed by atoms with Gasteiger partial charge < -0.3 is 15.0 Å². The normalized spacial score (nSPS) is 27.5. The average Bonchev–Trinajstić information content (AvgIpc) is 3.71. The second-order valence-electron chi connectivity index (χ2n) is 13.0. The van der Waals surface area contributed by atoms with Crippen LogP contribution in [-0.2, 0) is 7.05 Å². The molecule has 4 aliphatic heterocycles. The molecule has 4 aromatic rings. The van der Waals surface area contributed by atoms with E-state index in [0.29, 0.717) is 48.4 Å². The molecule has 0 spiro atoms. The first-order valence-corrected chi connectivity index (χ1v) is 15.2. The molecule has 0 amide bonds. The molecule has 2 bridgehead atoms. The largest absolute Gasteiger partial charge is 0.461 e. The zero-order valence-electron chi connectivity index (χ0n) is 24.5. The van der Waals surface area contributed by atoms with Gasteiger partial charge in [-0.1, -0.05) is 6.07 Å². The van der Waals surface area contributed by atoms with Gasteiger partial charge in [0.15, 0.2) is 5.82 Å². The number of ether oxygens (including phenoxy) is 1. The van der Waals surface area contributed by atoms with Crippen molar-refractivity contribution in [2.45, 2.75) is 69.7 Å². The van der Waals surface area contributed by atoms with E-state index in [2.05, 4.69) is 26.3 Å². The minimum atomic E-state index is -0.847. The molecular formula is C32H37F2N7O. The van der Waals surface area contributed by atoms with Crippen LogP contribution in [0.4, 0.5) is 14.6 Å². The number of piperazine rings is 1. The summed E-state index contributed by atoms with van der Waals surface area (Å²) < 4.78 is 39.4. The van der Waals surface area contributed by atoms with Gasteiger partial charge in [0.25, 0.3) is 0 Å². The summed E-state index contributed by atoms with van der Waals surface area (Å²) in [7, 11) is 1.89. The zero-order valence-corrected chi connectivity index (χ0v) is 24.5. The van der Waals surface area contributed by atoms with Crippen molar-refractivity contribution in [2.24, 2.45) is 7.05 Å². The van der Waals surface area contributed by atoms with Crippen molar-refractivity contribution in [3.8, 4) is 17.1 Å². The third-order valence-corrected chi connectivity index (χ3v) is 10.3. The lowest BCUT2D eigenvalue weighted by atomic mass is 9.93. The maximum atomic E-state index is 16.9. The summed E-state index contributed by atoms with van der Waals surface area (Å²) in [6.45, 7) is 7.33. The monoisotopic (exact) mass is 573 g/mol. The molecule has 1 N–H and O–H groups in total. The second kappa shape index (κ2) is 9.57. The van der Waals surface area contributed by atoms with Gasteiger partial charge in [-0.2, -0.15) is 15.1 Å². The molecule has 6 heterocycles. The van der Waals surface area contributed by atoms with Crippen molar-refractivity contribution in [1.29, 1.82) is 0 Å². The van der Waals surface area contributed by atoms with E-state index in [-0.39, 0.29) is 22.9 Å². The van der Waals surface area contributed by atoms with Crippen LogP contribution < -0.4 is 15.0 Å². The first kappa shape index (κ1) is 26.3. The Bertz CT molecular complexity index is 1710. The predicted molar refractivity (Wildman–Crippen MR) is 159 cm³/mol. The first-order valence-electron chi connectivity index (χ1n) is 15.2. The van der Waals surface area contributed by atoms with Crippen molar-refractivity contribution in [3.05, 3.63) is 41.3 Å². The van der Waals surface area contributed by atoms with Crippen molar-refractivity contribution >= 4 is 27.6 Å². The van der Waals surface area contributed by atoms with Gasteiger partial charge in [-0.05, 0) is 69.3 Å². The fraction of sp³-hybridized carbons (Fsp3) is 0.531. The van der Waals surface area contributed by atoms with Crippen LogP contribution >= 0.6 is 0 Å². The maximum absolute atomic E-state index is 16.9. The second-order valence-corrected chi connectivity index (χ2v) is 13.0. The molecule has 4 atom stereocenters. The summed E-state index contributed by atoms with van der Waals surface area (Å²) in [5.74, 6) is 0.321. The third-order valence-electron chi connectivity index (χ3n) is 10.3. The standard InChI is InChI=1S/C32H37F2N7O/c1-18-11-20-13-35-39(3)29(20)26(19(18)2)24-7-8-25-28(27(24)34)37-31(38-30(25)40-15-22-5-6-23(16-40)36-22)42-17-32-9-4-10-41(32)14-21(33)12-32/h7-8,11,13,21-23,36H,4-6,9-10,12,14-17H2,1-3H3/t21-,22-,23+,32+/m1/s1. The van der Waals surface area contributed by atoms with Crippen molar-refractivity contribution in [3.63, 3.8) is 0 Å². The summed E-state index contributed by atoms with van der Waals surface area (Å²) in [5, 5.41) is 9.80. The highest BCUT2D eigenvalue weighted by molar-refractivity contribution is 6.00. The van der Waals surface area contributed by atoms with Crippen molar-refractivity contribution in [1.82, 2.24) is 30.0 Å². The lowest BCUT2D eigenvalue weighted by Crippen LogP contribution is -2.51. The zero-order chi connectivity index (χ0) is 28.7. The lowest BCUT2D eigenvalue weighted by Gasteiger charge is -2.34. The van der Waals surface area contributed by atoms with Crippen LogP contribution in [0.5, 0.6) is 6.01 Å². The Morgan fingerprint density at radius 2 is 1.93 bits per heavy atom. The molecular weight excluding hydrogens is 536 g/mol. The summed E-state index contributed by atoms with van der Waals surface area (Å²) in [4.78, 5) is 14.1. The quantitative estimate of drug-likeness (QED) is 0.367. The number of aryl methyl sites for hydroxylation is 2. The van der Waals surface area contributed by atoms with Gasteiger partial charge in [0, 0.05) is 67.1 Å². The Morgan fingerprint density at radius 1 is 1.12 bits per heavy atom. The van der Waals surface area contributed by atoms with Crippen molar-refractivity contribution < 1.29 is 13.5 Å². The smallest absolute Gasteiger partial charge is 0.319 e. The van der Waals surface area contributed by atoms with Gasteiger partial charge in [0.05, 0.1) is 17.3 Å². The number of alkyl halides is 1. The molecule has 8 rings (SSSR count). The molecule has 0 saturated carbocycles. The number of anilines is 1. The Balaban J connectivity index is 1.27. The fourth-order valence-electron chi connectivity index (χ4n) is 8.15. The molecule has 4 saturated heterocycles. The number of halogens is 2. The van der Waals surface area contributed by atoms with Gasteiger partial charge >= 0.3 is 6.01 Å². The van der Waals surface area contributed by atoms with E-state index in [1.165, 1.54) is 0 Å². The number of hydrogen-bond acceptors (Lipinski definition) is 7. The van der Waals surface area contributed by atoms with E-state index in [1.807, 2.05) is 43.9 Å². The summed E-state index contributed by atoms with van der Waals surface area (Å²) in [6.07, 6.45) is 5.61. The lowest BCUT2D eigenvalue weighted by molar-refractivity contribution is 0.107. The number of aromatic nitrogens is 4. The Labute approximate surface area is 244 Å². The van der Waals surface area contributed by atoms with Crippen LogP contribution in [-0.4, -0.2) is 81.2 Å². The number of rotatable bonds is 5. The molecule has 0 unspecified atom stereocenters. The highest BCUT2D eigenvalue weighted by atomic mass is 19.1. The molecule has 4 aliphatic rings. The van der Waals surface area contributed by atoms with Gasteiger partial charge in [0.1, 0.15) is 24.1 Å². The van der Waals surface area contributed by atoms with E-state index >= 15 is 4.39 Å². The molecule has 42 heavy (non-hydrogen) atoms. The van der Waals surface area contributed by atoms with E-state index in [0.717, 1.165) is 72.9 Å². The van der Waals surface area contributed by atoms with Gasteiger partial charge in [-0.25, -0.2) is 8.78 Å². The topological polar surface area (TPSA) is 71.3 Å². The van der Waals surface area contributed by atoms with E-state index in [1.54, 1.807) is 0 Å². The van der Waals surface area contributed by atoms with E-state index < -0.39 is 6.17 Å². The van der Waals surface area contributed by atoms with E-state index in [9.17, 15) is 4.39 Å². The van der Waals surface area contributed by atoms with Gasteiger partial charge in [-0.3, -0.25) is 9.58 Å². The Kier molecular flexibility index (Phi) is 5.99. The third kappa shape index (κ3) is 4.01. The van der Waals surface area contributed by atoms with Crippen molar-refractivity contribution in [2.75, 3.05) is 37.7 Å². The number of fused-ring (bicyclic) bond motifs is 5. The van der Waals surface area contributed by atoms with Crippen LogP contribution in [0.25, 0.3) is 32.9 Å². The van der Waals surface area contributed by atoms with Gasteiger partial charge in [-0.15, -0.1) is 0 Å². The Morgan fingerprint density at radius 3 is 2.74 bits per heavy atom. The maximum Gasteiger partial charge on any atom is 0.319 e. The summed E-state index contributed by atoms with van der Waals surface area (Å²) in [6, 6.07) is 6.87. The molecule has 4 fully saturated rings. The van der Waals surface area contributed by atoms with Crippen LogP contribution in [0, 0.1) is 19.7 Å². The summed E-state index contributed by atoms with van der Waals surface area (Å²) in [5.41, 5.74) is 4.22. The van der Waals surface area contributed by atoms with Crippen LogP contribution in [0.1, 0.15) is 43.2 Å². The fourth-order valence-corrected chi connectivity index (χ4v) is 8.15. The number of benzene rings is 2. The predicted octanol–water partition coefficient (Wildman–Crippen LogP) is 4.84. The number of hydrogen-bond donors (Lipinski definition) is 1. The highest BCUT2D eigenvalue weighted by Crippen LogP contribution is 2.42. The molecule has 220 valence electrons. The molecule has 0 aliphatic carbocycles. The highest BCUT2D eigenvalue weighted by Gasteiger charge is 2.49. The van der Waals surface area contributed by atoms with Crippen LogP contribution in [0.3, 0.4) is 0 Å². The van der Waals surface area contributed by atoms with Crippen LogP contribution in [0.2, 0.25) is 0 Å². The molecule has 2 aromatic carbocycles. The average molecular weight is 574 g/mol. The van der Waals surface area contributed by atoms with Crippen LogP contribution in [0.15, 0.2) is 24.4 Å². The first-order chi connectivity index (χ1) is 20.3. The molecule has 0 radical (unpaired) electrons. The van der Waals surface area contributed by atoms with Gasteiger partial charge in [0.2, 0.25) is 0 Å². The minimum absolute atomic E-state index is 0.162.